The third-order valence-electron chi connectivity index (χ3n) is 5.40. The van der Waals surface area contributed by atoms with Crippen molar-refractivity contribution in [2.75, 3.05) is 12.4 Å². The van der Waals surface area contributed by atoms with Crippen LogP contribution in [0.15, 0.2) is 60.8 Å². The van der Waals surface area contributed by atoms with Gasteiger partial charge < -0.3 is 10.1 Å². The van der Waals surface area contributed by atoms with Crippen molar-refractivity contribution in [1.82, 2.24) is 9.97 Å². The number of carbonyl (C=O) groups excluding carboxylic acids is 2. The van der Waals surface area contributed by atoms with Gasteiger partial charge >= 0.3 is 0 Å². The molecule has 2 aromatic heterocycles. The van der Waals surface area contributed by atoms with Gasteiger partial charge in [-0.3, -0.25) is 9.59 Å². The number of carbonyl (C=O) groups is 2. The standard InChI is InChI=1S/C26H19Cl2N3O3/c1-15-16(13-32)11-12-29-25(15)30-22-8-4-6-19(24(22)28)18-5-3-7-20(23(18)27)21-10-9-17(14-33)26(31-21)34-2/h3-14H,1-2H3,(H,29,30). The molecule has 170 valence electrons. The van der Waals surface area contributed by atoms with Gasteiger partial charge in [0.25, 0.3) is 0 Å². The van der Waals surface area contributed by atoms with Crippen molar-refractivity contribution in [3.63, 3.8) is 0 Å². The summed E-state index contributed by atoms with van der Waals surface area (Å²) in [4.78, 5) is 31.2. The molecule has 0 saturated heterocycles. The van der Waals surface area contributed by atoms with E-state index in [1.165, 1.54) is 7.11 Å². The fourth-order valence-corrected chi connectivity index (χ4v) is 4.16. The van der Waals surface area contributed by atoms with Crippen LogP contribution in [0.2, 0.25) is 10.0 Å². The highest BCUT2D eigenvalue weighted by Crippen LogP contribution is 2.42. The third kappa shape index (κ3) is 4.38. The number of halogens is 2. The van der Waals surface area contributed by atoms with E-state index in [0.29, 0.717) is 61.3 Å². The highest BCUT2D eigenvalue weighted by Gasteiger charge is 2.17. The molecule has 6 nitrogen and oxygen atoms in total. The molecule has 1 N–H and O–H groups in total. The van der Waals surface area contributed by atoms with Gasteiger partial charge in [-0.05, 0) is 31.2 Å². The van der Waals surface area contributed by atoms with Gasteiger partial charge in [0, 0.05) is 34.0 Å². The Morgan fingerprint density at radius 3 is 2.24 bits per heavy atom. The SMILES string of the molecule is COc1nc(-c2cccc(-c3cccc(Nc4nccc(C=O)c4C)c3Cl)c2Cl)ccc1C=O. The Bertz CT molecular complexity index is 1410. The van der Waals surface area contributed by atoms with Crippen molar-refractivity contribution < 1.29 is 14.3 Å². The molecule has 2 aromatic carbocycles. The van der Waals surface area contributed by atoms with E-state index in [9.17, 15) is 9.59 Å². The summed E-state index contributed by atoms with van der Waals surface area (Å²) >= 11 is 13.6. The summed E-state index contributed by atoms with van der Waals surface area (Å²) in [7, 11) is 1.46. The van der Waals surface area contributed by atoms with Gasteiger partial charge in [-0.2, -0.15) is 0 Å². The zero-order valence-corrected chi connectivity index (χ0v) is 19.8. The maximum atomic E-state index is 11.3. The minimum Gasteiger partial charge on any atom is -0.480 e. The molecule has 4 rings (SSSR count). The smallest absolute Gasteiger partial charge is 0.224 e. The fourth-order valence-electron chi connectivity index (χ4n) is 3.56. The molecule has 0 saturated carbocycles. The predicted octanol–water partition coefficient (Wildman–Crippen LogP) is 6.80. The summed E-state index contributed by atoms with van der Waals surface area (Å²) in [5.74, 6) is 0.758. The molecule has 0 unspecified atom stereocenters. The Balaban J connectivity index is 1.77. The van der Waals surface area contributed by atoms with E-state index in [-0.39, 0.29) is 5.88 Å². The van der Waals surface area contributed by atoms with Crippen LogP contribution < -0.4 is 10.1 Å². The first-order chi connectivity index (χ1) is 16.5. The Labute approximate surface area is 206 Å². The lowest BCUT2D eigenvalue weighted by molar-refractivity contribution is 0.111. The Kier molecular flexibility index (Phi) is 6.91. The number of nitrogens with zero attached hydrogens (tertiary/aromatic N) is 2. The molecule has 0 aliphatic carbocycles. The van der Waals surface area contributed by atoms with Gasteiger partial charge in [-0.15, -0.1) is 0 Å². The summed E-state index contributed by atoms with van der Waals surface area (Å²) in [6.07, 6.45) is 3.04. The van der Waals surface area contributed by atoms with Crippen LogP contribution in [0.4, 0.5) is 11.5 Å². The number of nitrogens with one attached hydrogen (secondary N) is 1. The predicted molar refractivity (Wildman–Crippen MR) is 135 cm³/mol. The average molecular weight is 492 g/mol. The van der Waals surface area contributed by atoms with E-state index >= 15 is 0 Å². The van der Waals surface area contributed by atoms with Crippen molar-refractivity contribution in [3.05, 3.63) is 87.5 Å². The van der Waals surface area contributed by atoms with E-state index < -0.39 is 0 Å². The highest BCUT2D eigenvalue weighted by atomic mass is 35.5. The topological polar surface area (TPSA) is 81.2 Å². The Hall–Kier alpha value is -3.74. The summed E-state index contributed by atoms with van der Waals surface area (Å²) < 4.78 is 5.23. The van der Waals surface area contributed by atoms with Gasteiger partial charge in [0.2, 0.25) is 5.88 Å². The molecule has 8 heteroatoms. The monoisotopic (exact) mass is 491 g/mol. The van der Waals surface area contributed by atoms with Crippen LogP contribution >= 0.6 is 23.2 Å². The van der Waals surface area contributed by atoms with Crippen LogP contribution in [-0.2, 0) is 0 Å². The van der Waals surface area contributed by atoms with E-state index in [4.69, 9.17) is 27.9 Å². The number of aldehydes is 2. The van der Waals surface area contributed by atoms with E-state index in [0.717, 1.165) is 11.8 Å². The molecule has 0 aliphatic rings. The number of hydrogen-bond acceptors (Lipinski definition) is 6. The molecular formula is C26H19Cl2N3O3. The van der Waals surface area contributed by atoms with Crippen molar-refractivity contribution in [1.29, 1.82) is 0 Å². The summed E-state index contributed by atoms with van der Waals surface area (Å²) in [6, 6.07) is 16.1. The molecule has 0 amide bonds. The maximum absolute atomic E-state index is 11.3. The summed E-state index contributed by atoms with van der Waals surface area (Å²) in [5, 5.41) is 4.11. The number of hydrogen-bond donors (Lipinski definition) is 1. The number of methoxy groups -OCH3 is 1. The van der Waals surface area contributed by atoms with E-state index in [1.807, 2.05) is 43.3 Å². The second-order valence-electron chi connectivity index (χ2n) is 7.36. The van der Waals surface area contributed by atoms with Crippen LogP contribution in [-0.4, -0.2) is 29.7 Å². The first-order valence-corrected chi connectivity index (χ1v) is 11.0. The number of rotatable bonds is 7. The number of benzene rings is 2. The van der Waals surface area contributed by atoms with E-state index in [1.54, 1.807) is 24.4 Å². The molecule has 0 fully saturated rings. The van der Waals surface area contributed by atoms with Gasteiger partial charge in [-0.25, -0.2) is 9.97 Å². The highest BCUT2D eigenvalue weighted by molar-refractivity contribution is 6.39. The van der Waals surface area contributed by atoms with Crippen molar-refractivity contribution in [3.8, 4) is 28.3 Å². The van der Waals surface area contributed by atoms with Crippen LogP contribution in [0.3, 0.4) is 0 Å². The largest absolute Gasteiger partial charge is 0.480 e. The van der Waals surface area contributed by atoms with Crippen LogP contribution in [0.1, 0.15) is 26.3 Å². The van der Waals surface area contributed by atoms with Crippen LogP contribution in [0.25, 0.3) is 22.4 Å². The lowest BCUT2D eigenvalue weighted by Crippen LogP contribution is -2.00. The number of pyridine rings is 2. The van der Waals surface area contributed by atoms with Crippen molar-refractivity contribution >= 4 is 47.3 Å². The summed E-state index contributed by atoms with van der Waals surface area (Å²) in [5.41, 5.74) is 4.88. The minimum absolute atomic E-state index is 0.221. The van der Waals surface area contributed by atoms with Gasteiger partial charge in [0.05, 0.1) is 34.1 Å². The fraction of sp³-hybridized carbons (Fsp3) is 0.0769. The lowest BCUT2D eigenvalue weighted by atomic mass is 10.00. The quantitative estimate of drug-likeness (QED) is 0.286. The second kappa shape index (κ2) is 10.0. The molecular weight excluding hydrogens is 473 g/mol. The Morgan fingerprint density at radius 1 is 0.853 bits per heavy atom. The second-order valence-corrected chi connectivity index (χ2v) is 8.12. The summed E-state index contributed by atoms with van der Waals surface area (Å²) in [6.45, 7) is 1.81. The molecule has 0 spiro atoms. The van der Waals surface area contributed by atoms with E-state index in [2.05, 4.69) is 15.3 Å². The number of ether oxygens (including phenoxy) is 1. The van der Waals surface area contributed by atoms with Crippen LogP contribution in [0.5, 0.6) is 5.88 Å². The first kappa shape index (κ1) is 23.4. The molecule has 0 atom stereocenters. The first-order valence-electron chi connectivity index (χ1n) is 10.2. The zero-order chi connectivity index (χ0) is 24.2. The molecule has 0 aliphatic heterocycles. The molecule has 0 bridgehead atoms. The molecule has 2 heterocycles. The van der Waals surface area contributed by atoms with Crippen molar-refractivity contribution in [2.45, 2.75) is 6.92 Å². The molecule has 34 heavy (non-hydrogen) atoms. The maximum Gasteiger partial charge on any atom is 0.224 e. The normalized spacial score (nSPS) is 10.6. The van der Waals surface area contributed by atoms with Crippen molar-refractivity contribution in [2.24, 2.45) is 0 Å². The van der Waals surface area contributed by atoms with Gasteiger partial charge in [-0.1, -0.05) is 53.5 Å². The zero-order valence-electron chi connectivity index (χ0n) is 18.3. The number of aromatic nitrogens is 2. The molecule has 0 radical (unpaired) electrons. The molecule has 4 aromatic rings. The van der Waals surface area contributed by atoms with Crippen LogP contribution in [0, 0.1) is 6.92 Å². The number of anilines is 2. The van der Waals surface area contributed by atoms with Gasteiger partial charge in [0.1, 0.15) is 5.82 Å². The van der Waals surface area contributed by atoms with Gasteiger partial charge in [0.15, 0.2) is 12.6 Å². The minimum atomic E-state index is 0.221. The lowest BCUT2D eigenvalue weighted by Gasteiger charge is -2.16. The third-order valence-corrected chi connectivity index (χ3v) is 6.21. The average Bonchev–Trinajstić information content (AvgIpc) is 2.86. The Morgan fingerprint density at radius 2 is 1.53 bits per heavy atom.